The Morgan fingerprint density at radius 3 is 2.48 bits per heavy atom. The zero-order chi connectivity index (χ0) is 17.0. The molecule has 0 saturated heterocycles. The van der Waals surface area contributed by atoms with Crippen LogP contribution in [0.3, 0.4) is 0 Å². The number of hydrogen-bond acceptors (Lipinski definition) is 2. The van der Waals surface area contributed by atoms with Crippen molar-refractivity contribution in [3.05, 3.63) is 29.3 Å². The second-order valence-corrected chi connectivity index (χ2v) is 6.25. The molecule has 0 spiro atoms. The minimum Gasteiger partial charge on any atom is -0.507 e. The summed E-state index contributed by atoms with van der Waals surface area (Å²) in [6, 6.07) is 2.46. The highest BCUT2D eigenvalue weighted by Crippen LogP contribution is 2.33. The third-order valence-corrected chi connectivity index (χ3v) is 4.50. The van der Waals surface area contributed by atoms with E-state index in [9.17, 15) is 23.1 Å². The van der Waals surface area contributed by atoms with Crippen molar-refractivity contribution in [3.8, 4) is 5.75 Å². The number of halogens is 3. The normalized spacial score (nSPS) is 16.3. The Morgan fingerprint density at radius 1 is 1.26 bits per heavy atom. The molecule has 0 radical (unpaired) electrons. The quantitative estimate of drug-likeness (QED) is 0.886. The van der Waals surface area contributed by atoms with Crippen LogP contribution in [0.2, 0.25) is 0 Å². The number of carbonyl (C=O) groups is 1. The van der Waals surface area contributed by atoms with Gasteiger partial charge in [0.2, 0.25) is 0 Å². The van der Waals surface area contributed by atoms with Gasteiger partial charge in [-0.2, -0.15) is 13.2 Å². The third kappa shape index (κ3) is 4.62. The van der Waals surface area contributed by atoms with Gasteiger partial charge in [0.15, 0.2) is 0 Å². The number of nitrogens with zero attached hydrogens (tertiary/aromatic N) is 1. The minimum atomic E-state index is -4.54. The molecule has 0 aromatic heterocycles. The lowest BCUT2D eigenvalue weighted by molar-refractivity contribution is -0.137. The summed E-state index contributed by atoms with van der Waals surface area (Å²) in [7, 11) is 1.61. The predicted octanol–water partition coefficient (Wildman–Crippen LogP) is 4.45. The topological polar surface area (TPSA) is 40.5 Å². The maximum Gasteiger partial charge on any atom is 0.416 e. The fourth-order valence-electron chi connectivity index (χ4n) is 3.05. The van der Waals surface area contributed by atoms with Gasteiger partial charge in [0.1, 0.15) is 5.75 Å². The lowest BCUT2D eigenvalue weighted by atomic mass is 9.87. The maximum absolute atomic E-state index is 12.6. The molecule has 23 heavy (non-hydrogen) atoms. The Kier molecular flexibility index (Phi) is 5.55. The van der Waals surface area contributed by atoms with Crippen LogP contribution in [0.4, 0.5) is 13.2 Å². The van der Waals surface area contributed by atoms with Crippen LogP contribution in [0.5, 0.6) is 5.75 Å². The van der Waals surface area contributed by atoms with E-state index in [2.05, 4.69) is 0 Å². The van der Waals surface area contributed by atoms with Gasteiger partial charge in [-0.05, 0) is 30.5 Å². The first-order chi connectivity index (χ1) is 10.8. The molecule has 1 N–H and O–H groups in total. The van der Waals surface area contributed by atoms with Gasteiger partial charge < -0.3 is 10.0 Å². The van der Waals surface area contributed by atoms with Gasteiger partial charge in [0.25, 0.3) is 5.91 Å². The van der Waals surface area contributed by atoms with E-state index >= 15 is 0 Å². The van der Waals surface area contributed by atoms with E-state index in [1.807, 2.05) is 0 Å². The van der Waals surface area contributed by atoms with Crippen molar-refractivity contribution in [1.82, 2.24) is 4.90 Å². The molecule has 1 aromatic rings. The average Bonchev–Trinajstić information content (AvgIpc) is 2.52. The molecule has 0 bridgehead atoms. The van der Waals surface area contributed by atoms with E-state index in [4.69, 9.17) is 0 Å². The van der Waals surface area contributed by atoms with Gasteiger partial charge in [0.05, 0.1) is 11.1 Å². The Labute approximate surface area is 134 Å². The molecule has 0 unspecified atom stereocenters. The van der Waals surface area contributed by atoms with Crippen LogP contribution >= 0.6 is 0 Å². The van der Waals surface area contributed by atoms with Crippen LogP contribution in [-0.2, 0) is 6.18 Å². The molecular weight excluding hydrogens is 307 g/mol. The predicted molar refractivity (Wildman–Crippen MR) is 81.3 cm³/mol. The van der Waals surface area contributed by atoms with Crippen molar-refractivity contribution in [2.45, 2.75) is 44.7 Å². The Hall–Kier alpha value is -1.72. The molecule has 2 rings (SSSR count). The van der Waals surface area contributed by atoms with Crippen LogP contribution in [-0.4, -0.2) is 29.5 Å². The number of hydrogen-bond donors (Lipinski definition) is 1. The van der Waals surface area contributed by atoms with E-state index in [-0.39, 0.29) is 5.56 Å². The fraction of sp³-hybridized carbons (Fsp3) is 0.588. The van der Waals surface area contributed by atoms with E-state index in [0.29, 0.717) is 18.5 Å². The van der Waals surface area contributed by atoms with Crippen molar-refractivity contribution in [3.63, 3.8) is 0 Å². The highest BCUT2D eigenvalue weighted by molar-refractivity contribution is 5.96. The summed E-state index contributed by atoms with van der Waals surface area (Å²) in [5.74, 6) is -0.471. The second kappa shape index (κ2) is 7.23. The zero-order valence-electron chi connectivity index (χ0n) is 13.2. The summed E-state index contributed by atoms with van der Waals surface area (Å²) in [6.07, 6.45) is 2.42. The molecule has 1 aromatic carbocycles. The van der Waals surface area contributed by atoms with E-state index in [1.54, 1.807) is 7.05 Å². The van der Waals surface area contributed by atoms with E-state index in [0.717, 1.165) is 18.6 Å². The Balaban J connectivity index is 1.98. The van der Waals surface area contributed by atoms with E-state index < -0.39 is 23.4 Å². The lowest BCUT2D eigenvalue weighted by Crippen LogP contribution is -2.29. The number of rotatable bonds is 4. The van der Waals surface area contributed by atoms with Crippen LogP contribution < -0.4 is 0 Å². The first-order valence-electron chi connectivity index (χ1n) is 7.94. The van der Waals surface area contributed by atoms with Crippen LogP contribution in [0.15, 0.2) is 18.2 Å². The first kappa shape index (κ1) is 17.6. The summed E-state index contributed by atoms with van der Waals surface area (Å²) < 4.78 is 37.7. The number of carbonyl (C=O) groups excluding carboxylic acids is 1. The SMILES string of the molecule is CN(CCC1CCCCC1)C(=O)c1ccc(C(F)(F)F)cc1O. The summed E-state index contributed by atoms with van der Waals surface area (Å²) in [4.78, 5) is 13.8. The van der Waals surface area contributed by atoms with Gasteiger partial charge in [-0.25, -0.2) is 0 Å². The second-order valence-electron chi connectivity index (χ2n) is 6.25. The van der Waals surface area contributed by atoms with Crippen molar-refractivity contribution in [2.75, 3.05) is 13.6 Å². The molecule has 1 aliphatic rings. The molecule has 128 valence electrons. The Morgan fingerprint density at radius 2 is 1.91 bits per heavy atom. The molecule has 1 fully saturated rings. The van der Waals surface area contributed by atoms with Crippen LogP contribution in [0, 0.1) is 5.92 Å². The smallest absolute Gasteiger partial charge is 0.416 e. The molecule has 0 heterocycles. The average molecular weight is 329 g/mol. The summed E-state index contributed by atoms with van der Waals surface area (Å²) >= 11 is 0. The standard InChI is InChI=1S/C17H22F3NO2/c1-21(10-9-12-5-3-2-4-6-12)16(23)14-8-7-13(11-15(14)22)17(18,19)20/h7-8,11-12,22H,2-6,9-10H2,1H3. The number of benzene rings is 1. The van der Waals surface area contributed by atoms with Gasteiger partial charge in [0, 0.05) is 13.6 Å². The van der Waals surface area contributed by atoms with Gasteiger partial charge >= 0.3 is 6.18 Å². The molecule has 1 aliphatic carbocycles. The third-order valence-electron chi connectivity index (χ3n) is 4.50. The van der Waals surface area contributed by atoms with Crippen LogP contribution in [0.1, 0.15) is 54.4 Å². The number of amides is 1. The molecule has 6 heteroatoms. The monoisotopic (exact) mass is 329 g/mol. The summed E-state index contributed by atoms with van der Waals surface area (Å²) in [5.41, 5.74) is -1.06. The van der Waals surface area contributed by atoms with Gasteiger partial charge in [-0.3, -0.25) is 4.79 Å². The number of phenols is 1. The lowest BCUT2D eigenvalue weighted by Gasteiger charge is -2.25. The maximum atomic E-state index is 12.6. The number of phenolic OH excluding ortho intramolecular Hbond substituents is 1. The molecule has 3 nitrogen and oxygen atoms in total. The largest absolute Gasteiger partial charge is 0.507 e. The Bertz CT molecular complexity index is 551. The van der Waals surface area contributed by atoms with Crippen molar-refractivity contribution in [2.24, 2.45) is 5.92 Å². The molecule has 0 aliphatic heterocycles. The molecular formula is C17H22F3NO2. The highest BCUT2D eigenvalue weighted by atomic mass is 19.4. The minimum absolute atomic E-state index is 0.0934. The van der Waals surface area contributed by atoms with E-state index in [1.165, 1.54) is 37.0 Å². The zero-order valence-corrected chi connectivity index (χ0v) is 13.2. The van der Waals surface area contributed by atoms with Crippen LogP contribution in [0.25, 0.3) is 0 Å². The summed E-state index contributed by atoms with van der Waals surface area (Å²) in [5, 5.41) is 9.74. The molecule has 0 atom stereocenters. The first-order valence-corrected chi connectivity index (χ1v) is 7.94. The molecule has 1 saturated carbocycles. The highest BCUT2D eigenvalue weighted by Gasteiger charge is 2.31. The fourth-order valence-corrected chi connectivity index (χ4v) is 3.05. The van der Waals surface area contributed by atoms with Crippen molar-refractivity contribution in [1.29, 1.82) is 0 Å². The summed E-state index contributed by atoms with van der Waals surface area (Å²) in [6.45, 7) is 0.546. The van der Waals surface area contributed by atoms with Gasteiger partial charge in [-0.15, -0.1) is 0 Å². The number of aromatic hydroxyl groups is 1. The van der Waals surface area contributed by atoms with Crippen molar-refractivity contribution < 1.29 is 23.1 Å². The van der Waals surface area contributed by atoms with Gasteiger partial charge in [-0.1, -0.05) is 32.1 Å². The number of alkyl halides is 3. The molecule has 1 amide bonds. The van der Waals surface area contributed by atoms with Crippen molar-refractivity contribution >= 4 is 5.91 Å².